The van der Waals surface area contributed by atoms with Crippen LogP contribution in [0.15, 0.2) is 58.1 Å². The van der Waals surface area contributed by atoms with E-state index in [1.807, 2.05) is 24.3 Å². The number of aromatic carboxylic acids is 1. The number of thioether (sulfide) groups is 1. The third kappa shape index (κ3) is 4.24. The van der Waals surface area contributed by atoms with Crippen LogP contribution in [0.25, 0.3) is 22.6 Å². The van der Waals surface area contributed by atoms with E-state index < -0.39 is 5.97 Å². The molecule has 31 heavy (non-hydrogen) atoms. The lowest BCUT2D eigenvalue weighted by molar-refractivity contribution is -0.113. The summed E-state index contributed by atoms with van der Waals surface area (Å²) in [5.41, 5.74) is 1.30. The molecule has 0 radical (unpaired) electrons. The Morgan fingerprint density at radius 1 is 1.19 bits per heavy atom. The monoisotopic (exact) mass is 438 g/mol. The SMILES string of the molecule is COc1cccc2cc(-c3nnc(SCC(=O)Nc4ccc(C(=O)O)cc4)n3C)oc12. The Balaban J connectivity index is 1.44. The number of benzene rings is 2. The van der Waals surface area contributed by atoms with Crippen molar-refractivity contribution in [3.63, 3.8) is 0 Å². The van der Waals surface area contributed by atoms with Crippen molar-refractivity contribution in [1.29, 1.82) is 0 Å². The zero-order valence-electron chi connectivity index (χ0n) is 16.7. The van der Waals surface area contributed by atoms with Crippen LogP contribution in [0, 0.1) is 0 Å². The second kappa shape index (κ2) is 8.52. The molecule has 0 unspecified atom stereocenters. The largest absolute Gasteiger partial charge is 0.493 e. The van der Waals surface area contributed by atoms with Gasteiger partial charge in [-0.15, -0.1) is 10.2 Å². The first-order valence-electron chi connectivity index (χ1n) is 9.18. The number of rotatable bonds is 7. The number of furan rings is 1. The van der Waals surface area contributed by atoms with E-state index >= 15 is 0 Å². The van der Waals surface area contributed by atoms with Gasteiger partial charge in [-0.25, -0.2) is 4.79 Å². The molecule has 0 saturated heterocycles. The van der Waals surface area contributed by atoms with Crippen molar-refractivity contribution in [2.24, 2.45) is 7.05 Å². The Hall–Kier alpha value is -3.79. The first-order valence-corrected chi connectivity index (χ1v) is 10.2. The van der Waals surface area contributed by atoms with Crippen molar-refractivity contribution in [3.05, 3.63) is 54.1 Å². The van der Waals surface area contributed by atoms with Gasteiger partial charge in [0.25, 0.3) is 0 Å². The number of nitrogens with zero attached hydrogens (tertiary/aromatic N) is 3. The lowest BCUT2D eigenvalue weighted by Crippen LogP contribution is -2.14. The van der Waals surface area contributed by atoms with Gasteiger partial charge < -0.3 is 24.1 Å². The molecule has 0 aliphatic carbocycles. The van der Waals surface area contributed by atoms with E-state index in [1.165, 1.54) is 23.9 Å². The molecule has 10 heteroatoms. The van der Waals surface area contributed by atoms with Crippen LogP contribution in [0.4, 0.5) is 5.69 Å². The summed E-state index contributed by atoms with van der Waals surface area (Å²) in [5, 5.41) is 21.4. The molecule has 0 spiro atoms. The van der Waals surface area contributed by atoms with E-state index in [4.69, 9.17) is 14.3 Å². The minimum Gasteiger partial charge on any atom is -0.493 e. The molecular weight excluding hydrogens is 420 g/mol. The third-order valence-corrected chi connectivity index (χ3v) is 5.55. The lowest BCUT2D eigenvalue weighted by atomic mass is 10.2. The lowest BCUT2D eigenvalue weighted by Gasteiger charge is -2.05. The maximum absolute atomic E-state index is 12.2. The number of carboxylic acids is 1. The van der Waals surface area contributed by atoms with E-state index in [1.54, 1.807) is 30.9 Å². The Morgan fingerprint density at radius 3 is 2.68 bits per heavy atom. The van der Waals surface area contributed by atoms with E-state index in [-0.39, 0.29) is 17.2 Å². The van der Waals surface area contributed by atoms with Gasteiger partial charge in [0.15, 0.2) is 28.1 Å². The molecule has 2 heterocycles. The number of amides is 1. The molecule has 0 atom stereocenters. The van der Waals surface area contributed by atoms with E-state index in [9.17, 15) is 9.59 Å². The summed E-state index contributed by atoms with van der Waals surface area (Å²) in [6.07, 6.45) is 0. The van der Waals surface area contributed by atoms with Crippen LogP contribution >= 0.6 is 11.8 Å². The molecule has 0 fully saturated rings. The summed E-state index contributed by atoms with van der Waals surface area (Å²) >= 11 is 1.23. The Labute approximate surface area is 181 Å². The molecule has 158 valence electrons. The van der Waals surface area contributed by atoms with Crippen molar-refractivity contribution in [2.45, 2.75) is 5.16 Å². The molecule has 2 aromatic heterocycles. The predicted octanol–water partition coefficient (Wildman–Crippen LogP) is 3.67. The van der Waals surface area contributed by atoms with Crippen molar-refractivity contribution in [2.75, 3.05) is 18.2 Å². The van der Waals surface area contributed by atoms with Crippen LogP contribution in [0.1, 0.15) is 10.4 Å². The second-order valence-corrected chi connectivity index (χ2v) is 7.52. The summed E-state index contributed by atoms with van der Waals surface area (Å²) in [7, 11) is 3.38. The summed E-state index contributed by atoms with van der Waals surface area (Å²) in [6.45, 7) is 0. The number of nitrogens with one attached hydrogen (secondary N) is 1. The molecule has 9 nitrogen and oxygen atoms in total. The van der Waals surface area contributed by atoms with Crippen molar-refractivity contribution >= 4 is 40.3 Å². The van der Waals surface area contributed by atoms with Crippen LogP contribution in [-0.2, 0) is 11.8 Å². The van der Waals surface area contributed by atoms with Crippen molar-refractivity contribution < 1.29 is 23.8 Å². The van der Waals surface area contributed by atoms with Crippen LogP contribution in [0.5, 0.6) is 5.75 Å². The van der Waals surface area contributed by atoms with Gasteiger partial charge in [-0.1, -0.05) is 23.9 Å². The van der Waals surface area contributed by atoms with Gasteiger partial charge in [0, 0.05) is 18.1 Å². The number of para-hydroxylation sites is 1. The minimum atomic E-state index is -1.02. The maximum atomic E-state index is 12.2. The highest BCUT2D eigenvalue weighted by molar-refractivity contribution is 7.99. The molecule has 0 aliphatic rings. The zero-order valence-corrected chi connectivity index (χ0v) is 17.5. The van der Waals surface area contributed by atoms with E-state index in [2.05, 4.69) is 15.5 Å². The standard InChI is InChI=1S/C21H18N4O5S/c1-25-19(16-10-13-4-3-5-15(29-2)18(13)30-16)23-24-21(25)31-11-17(26)22-14-8-6-12(7-9-14)20(27)28/h3-10H,11H2,1-2H3,(H,22,26)(H,27,28). The zero-order chi connectivity index (χ0) is 22.0. The van der Waals surface area contributed by atoms with Gasteiger partial charge >= 0.3 is 5.97 Å². The molecular formula is C21H18N4O5S. The van der Waals surface area contributed by atoms with Gasteiger partial charge in [0.1, 0.15) is 0 Å². The second-order valence-electron chi connectivity index (χ2n) is 6.57. The molecule has 1 amide bonds. The normalized spacial score (nSPS) is 10.9. The number of ether oxygens (including phenoxy) is 1. The summed E-state index contributed by atoms with van der Waals surface area (Å²) < 4.78 is 13.0. The van der Waals surface area contributed by atoms with Crippen LogP contribution < -0.4 is 10.1 Å². The summed E-state index contributed by atoms with van der Waals surface area (Å²) in [6, 6.07) is 13.4. The third-order valence-electron chi connectivity index (χ3n) is 4.53. The molecule has 4 aromatic rings. The van der Waals surface area contributed by atoms with Crippen molar-refractivity contribution in [3.8, 4) is 17.3 Å². The number of carboxylic acid groups (broad SMARTS) is 1. The molecule has 2 aromatic carbocycles. The molecule has 4 rings (SSSR count). The van der Waals surface area contributed by atoms with Gasteiger partial charge in [-0.2, -0.15) is 0 Å². The van der Waals surface area contributed by atoms with Gasteiger partial charge in [-0.05, 0) is 36.4 Å². The molecule has 0 saturated carbocycles. The maximum Gasteiger partial charge on any atom is 0.335 e. The number of carbonyl (C=O) groups is 2. The Morgan fingerprint density at radius 2 is 1.97 bits per heavy atom. The molecule has 0 aliphatic heterocycles. The van der Waals surface area contributed by atoms with E-state index in [0.29, 0.717) is 33.8 Å². The fraction of sp³-hybridized carbons (Fsp3) is 0.143. The summed E-state index contributed by atoms with van der Waals surface area (Å²) in [5.74, 6) is 0.560. The predicted molar refractivity (Wildman–Crippen MR) is 116 cm³/mol. The number of hydrogen-bond donors (Lipinski definition) is 2. The Bertz CT molecular complexity index is 1260. The smallest absolute Gasteiger partial charge is 0.335 e. The van der Waals surface area contributed by atoms with Gasteiger partial charge in [0.05, 0.1) is 18.4 Å². The quantitative estimate of drug-likeness (QED) is 0.420. The van der Waals surface area contributed by atoms with Gasteiger partial charge in [-0.3, -0.25) is 4.79 Å². The number of methoxy groups -OCH3 is 1. The average molecular weight is 438 g/mol. The average Bonchev–Trinajstić information content (AvgIpc) is 3.35. The van der Waals surface area contributed by atoms with Gasteiger partial charge in [0.2, 0.25) is 5.91 Å². The topological polar surface area (TPSA) is 119 Å². The highest BCUT2D eigenvalue weighted by Gasteiger charge is 2.18. The number of carbonyl (C=O) groups excluding carboxylic acids is 1. The number of hydrogen-bond acceptors (Lipinski definition) is 7. The molecule has 0 bridgehead atoms. The summed E-state index contributed by atoms with van der Waals surface area (Å²) in [4.78, 5) is 23.1. The fourth-order valence-corrected chi connectivity index (χ4v) is 3.70. The number of aromatic nitrogens is 3. The Kier molecular flexibility index (Phi) is 5.63. The number of fused-ring (bicyclic) bond motifs is 1. The number of anilines is 1. The minimum absolute atomic E-state index is 0.112. The van der Waals surface area contributed by atoms with E-state index in [0.717, 1.165) is 5.39 Å². The highest BCUT2D eigenvalue weighted by atomic mass is 32.2. The first-order chi connectivity index (χ1) is 15.0. The van der Waals surface area contributed by atoms with Crippen LogP contribution in [0.2, 0.25) is 0 Å². The van der Waals surface area contributed by atoms with Crippen molar-refractivity contribution in [1.82, 2.24) is 14.8 Å². The highest BCUT2D eigenvalue weighted by Crippen LogP contribution is 2.33. The van der Waals surface area contributed by atoms with Crippen LogP contribution in [-0.4, -0.2) is 44.6 Å². The molecule has 2 N–H and O–H groups in total. The fourth-order valence-electron chi connectivity index (χ4n) is 2.99. The van der Waals surface area contributed by atoms with Crippen LogP contribution in [0.3, 0.4) is 0 Å². The first kappa shape index (κ1) is 20.5.